The smallest absolute Gasteiger partial charge is 0.328 e. The summed E-state index contributed by atoms with van der Waals surface area (Å²) in [6, 6.07) is 3.47. The predicted molar refractivity (Wildman–Crippen MR) is 70.7 cm³/mol. The highest BCUT2D eigenvalue weighted by molar-refractivity contribution is 7.14. The summed E-state index contributed by atoms with van der Waals surface area (Å²) in [6.07, 6.45) is 6.20. The van der Waals surface area contributed by atoms with Crippen molar-refractivity contribution < 1.29 is 14.7 Å². The largest absolute Gasteiger partial charge is 0.478 e. The molecule has 1 heterocycles. The molecule has 0 bridgehead atoms. The Labute approximate surface area is 109 Å². The summed E-state index contributed by atoms with van der Waals surface area (Å²) in [7, 11) is 0. The Hall–Kier alpha value is -1.62. The van der Waals surface area contributed by atoms with Crippen molar-refractivity contribution in [3.63, 3.8) is 0 Å². The summed E-state index contributed by atoms with van der Waals surface area (Å²) >= 11 is 1.30. The lowest BCUT2D eigenvalue weighted by atomic mass is 10.3. The molecule has 2 N–H and O–H groups in total. The monoisotopic (exact) mass is 265 g/mol. The van der Waals surface area contributed by atoms with E-state index in [1.54, 1.807) is 12.1 Å². The average Bonchev–Trinajstić information content (AvgIpc) is 3.03. The van der Waals surface area contributed by atoms with Crippen LogP contribution < -0.4 is 5.32 Å². The summed E-state index contributed by atoms with van der Waals surface area (Å²) in [5, 5.41) is 11.4. The number of hydrogen-bond acceptors (Lipinski definition) is 3. The van der Waals surface area contributed by atoms with E-state index in [1.165, 1.54) is 30.3 Å². The van der Waals surface area contributed by atoms with E-state index in [2.05, 4.69) is 5.32 Å². The van der Waals surface area contributed by atoms with Crippen LogP contribution in [0, 0.1) is 5.92 Å². The second-order valence-corrected chi connectivity index (χ2v) is 5.48. The zero-order valence-corrected chi connectivity index (χ0v) is 10.7. The number of rotatable bonds is 6. The molecule has 96 valence electrons. The van der Waals surface area contributed by atoms with Crippen LogP contribution in [0.1, 0.15) is 33.8 Å². The first-order valence-corrected chi connectivity index (χ1v) is 6.76. The van der Waals surface area contributed by atoms with Gasteiger partial charge in [-0.3, -0.25) is 4.79 Å². The number of carboxylic acids is 1. The van der Waals surface area contributed by atoms with Crippen LogP contribution in [0.2, 0.25) is 0 Å². The molecule has 0 aromatic carbocycles. The van der Waals surface area contributed by atoms with Crippen molar-refractivity contribution in [2.45, 2.75) is 19.3 Å². The van der Waals surface area contributed by atoms with Gasteiger partial charge in [-0.2, -0.15) is 0 Å². The van der Waals surface area contributed by atoms with E-state index in [-0.39, 0.29) is 5.91 Å². The molecule has 1 aliphatic rings. The van der Waals surface area contributed by atoms with Crippen LogP contribution >= 0.6 is 11.3 Å². The van der Waals surface area contributed by atoms with Crippen molar-refractivity contribution in [1.29, 1.82) is 0 Å². The molecule has 0 unspecified atom stereocenters. The molecular formula is C13H15NO3S. The summed E-state index contributed by atoms with van der Waals surface area (Å²) in [4.78, 5) is 23.5. The van der Waals surface area contributed by atoms with Crippen molar-refractivity contribution in [3.8, 4) is 0 Å². The Balaban J connectivity index is 1.83. The van der Waals surface area contributed by atoms with Crippen molar-refractivity contribution in [2.75, 3.05) is 6.54 Å². The minimum Gasteiger partial charge on any atom is -0.478 e. The highest BCUT2D eigenvalue weighted by atomic mass is 32.1. The molecule has 4 nitrogen and oxygen atoms in total. The molecule has 0 aliphatic heterocycles. The Bertz CT molecular complexity index is 474. The summed E-state index contributed by atoms with van der Waals surface area (Å²) in [6.45, 7) is 0.724. The van der Waals surface area contributed by atoms with Crippen molar-refractivity contribution in [1.82, 2.24) is 5.32 Å². The van der Waals surface area contributed by atoms with Gasteiger partial charge in [0.15, 0.2) is 0 Å². The lowest BCUT2D eigenvalue weighted by Crippen LogP contribution is -2.23. The first kappa shape index (κ1) is 12.8. The topological polar surface area (TPSA) is 66.4 Å². The van der Waals surface area contributed by atoms with E-state index < -0.39 is 5.97 Å². The third-order valence-electron chi connectivity index (χ3n) is 2.78. The van der Waals surface area contributed by atoms with Crippen molar-refractivity contribution in [3.05, 3.63) is 28.0 Å². The predicted octanol–water partition coefficient (Wildman–Crippen LogP) is 2.38. The Morgan fingerprint density at radius 1 is 1.44 bits per heavy atom. The van der Waals surface area contributed by atoms with Crippen LogP contribution in [0.3, 0.4) is 0 Å². The quantitative estimate of drug-likeness (QED) is 0.776. The molecule has 18 heavy (non-hydrogen) atoms. The van der Waals surface area contributed by atoms with Crippen LogP contribution in [0.4, 0.5) is 0 Å². The highest BCUT2D eigenvalue weighted by Gasteiger charge is 2.20. The minimum atomic E-state index is -0.987. The maximum Gasteiger partial charge on any atom is 0.328 e. The van der Waals surface area contributed by atoms with Gasteiger partial charge in [0.1, 0.15) is 0 Å². The first-order chi connectivity index (χ1) is 8.65. The van der Waals surface area contributed by atoms with E-state index in [4.69, 9.17) is 5.11 Å². The van der Waals surface area contributed by atoms with Crippen LogP contribution in [0.5, 0.6) is 0 Å². The summed E-state index contributed by atoms with van der Waals surface area (Å²) < 4.78 is 0. The molecule has 1 saturated carbocycles. The zero-order chi connectivity index (χ0) is 13.0. The maximum absolute atomic E-state index is 11.8. The van der Waals surface area contributed by atoms with Crippen molar-refractivity contribution >= 4 is 29.3 Å². The lowest BCUT2D eigenvalue weighted by Gasteiger charge is -2.01. The molecule has 5 heteroatoms. The minimum absolute atomic E-state index is 0.0735. The fourth-order valence-electron chi connectivity index (χ4n) is 1.60. The van der Waals surface area contributed by atoms with Gasteiger partial charge in [-0.05, 0) is 30.5 Å². The van der Waals surface area contributed by atoms with Gasteiger partial charge in [-0.25, -0.2) is 4.79 Å². The zero-order valence-electron chi connectivity index (χ0n) is 9.89. The number of hydrogen-bond donors (Lipinski definition) is 2. The number of amides is 1. The van der Waals surface area contributed by atoms with Gasteiger partial charge in [0.25, 0.3) is 5.91 Å². The first-order valence-electron chi connectivity index (χ1n) is 5.94. The van der Waals surface area contributed by atoms with Gasteiger partial charge in [-0.15, -0.1) is 11.3 Å². The second kappa shape index (κ2) is 5.82. The SMILES string of the molecule is O=C(O)C=Cc1ccc(C(=O)NCCC2CC2)s1. The van der Waals surface area contributed by atoms with Gasteiger partial charge in [0.2, 0.25) is 0 Å². The number of nitrogens with one attached hydrogen (secondary N) is 1. The Morgan fingerprint density at radius 3 is 2.89 bits per heavy atom. The standard InChI is InChI=1S/C13H15NO3S/c15-12(16)6-4-10-3-5-11(18-10)13(17)14-8-7-9-1-2-9/h3-6,9H,1-2,7-8H2,(H,14,17)(H,15,16). The molecule has 0 spiro atoms. The van der Waals surface area contributed by atoms with Gasteiger partial charge in [-0.1, -0.05) is 12.8 Å². The van der Waals surface area contributed by atoms with Gasteiger partial charge < -0.3 is 10.4 Å². The Morgan fingerprint density at radius 2 is 2.22 bits per heavy atom. The lowest BCUT2D eigenvalue weighted by molar-refractivity contribution is -0.131. The summed E-state index contributed by atoms with van der Waals surface area (Å²) in [5.41, 5.74) is 0. The molecule has 0 radical (unpaired) electrons. The molecule has 0 atom stereocenters. The van der Waals surface area contributed by atoms with E-state index in [9.17, 15) is 9.59 Å². The maximum atomic E-state index is 11.8. The fourth-order valence-corrected chi connectivity index (χ4v) is 2.43. The number of carbonyl (C=O) groups is 2. The molecule has 1 aromatic rings. The van der Waals surface area contributed by atoms with Crippen LogP contribution in [-0.4, -0.2) is 23.5 Å². The highest BCUT2D eigenvalue weighted by Crippen LogP contribution is 2.31. The van der Waals surface area contributed by atoms with Crippen LogP contribution in [0.15, 0.2) is 18.2 Å². The second-order valence-electron chi connectivity index (χ2n) is 4.36. The molecule has 1 fully saturated rings. The molecular weight excluding hydrogens is 250 g/mol. The Kier molecular flexibility index (Phi) is 4.15. The molecule has 1 aliphatic carbocycles. The van der Waals surface area contributed by atoms with Crippen LogP contribution in [-0.2, 0) is 4.79 Å². The number of carboxylic acid groups (broad SMARTS) is 1. The molecule has 1 amide bonds. The molecule has 1 aromatic heterocycles. The number of carbonyl (C=O) groups excluding carboxylic acids is 1. The third kappa shape index (κ3) is 4.00. The molecule has 0 saturated heterocycles. The number of aliphatic carboxylic acids is 1. The van der Waals surface area contributed by atoms with E-state index >= 15 is 0 Å². The summed E-state index contributed by atoms with van der Waals surface area (Å²) in [5.74, 6) is -0.253. The van der Waals surface area contributed by atoms with Gasteiger partial charge in [0.05, 0.1) is 4.88 Å². The molecule has 2 rings (SSSR count). The average molecular weight is 265 g/mol. The van der Waals surface area contributed by atoms with E-state index in [0.717, 1.165) is 29.8 Å². The van der Waals surface area contributed by atoms with Crippen molar-refractivity contribution in [2.24, 2.45) is 5.92 Å². The van der Waals surface area contributed by atoms with Crippen LogP contribution in [0.25, 0.3) is 6.08 Å². The normalized spacial score (nSPS) is 14.9. The van der Waals surface area contributed by atoms with E-state index in [1.807, 2.05) is 0 Å². The number of thiophene rings is 1. The third-order valence-corrected chi connectivity index (χ3v) is 3.83. The fraction of sp³-hybridized carbons (Fsp3) is 0.385. The van der Waals surface area contributed by atoms with Gasteiger partial charge >= 0.3 is 5.97 Å². The van der Waals surface area contributed by atoms with Gasteiger partial charge in [0, 0.05) is 17.5 Å². The van der Waals surface area contributed by atoms with E-state index in [0.29, 0.717) is 4.88 Å².